The van der Waals surface area contributed by atoms with Crippen molar-refractivity contribution in [3.8, 4) is 0 Å². The van der Waals surface area contributed by atoms with Crippen molar-refractivity contribution >= 4 is 29.5 Å². The van der Waals surface area contributed by atoms with Gasteiger partial charge >= 0.3 is 5.97 Å². The van der Waals surface area contributed by atoms with E-state index >= 15 is 0 Å². The minimum atomic E-state index is -1.05. The molecule has 0 aromatic heterocycles. The lowest BCUT2D eigenvalue weighted by atomic mass is 10.2. The second-order valence-corrected chi connectivity index (χ2v) is 4.95. The van der Waals surface area contributed by atoms with E-state index < -0.39 is 12.0 Å². The van der Waals surface area contributed by atoms with Crippen LogP contribution in [0.4, 0.5) is 0 Å². The molecule has 6 nitrogen and oxygen atoms in total. The number of carboxylic acids is 1. The third kappa shape index (κ3) is 7.16. The fourth-order valence-corrected chi connectivity index (χ4v) is 2.09. The minimum Gasteiger partial charge on any atom is -0.480 e. The highest BCUT2D eigenvalue weighted by Gasteiger charge is 2.18. The van der Waals surface area contributed by atoms with Crippen molar-refractivity contribution in [1.82, 2.24) is 10.2 Å². The first-order valence-electron chi connectivity index (χ1n) is 5.70. The molecule has 2 amide bonds. The van der Waals surface area contributed by atoms with E-state index in [0.29, 0.717) is 24.5 Å². The van der Waals surface area contributed by atoms with Crippen molar-refractivity contribution in [2.24, 2.45) is 0 Å². The second kappa shape index (κ2) is 8.79. The predicted molar refractivity (Wildman–Crippen MR) is 70.5 cm³/mol. The highest BCUT2D eigenvalue weighted by Crippen LogP contribution is 2.06. The third-order valence-electron chi connectivity index (χ3n) is 2.35. The number of carbonyl (C=O) groups is 3. The van der Waals surface area contributed by atoms with E-state index in [9.17, 15) is 14.4 Å². The number of rotatable bonds is 8. The molecule has 7 heteroatoms. The molecule has 2 N–H and O–H groups in total. The molecule has 0 spiro atoms. The van der Waals surface area contributed by atoms with Crippen LogP contribution in [0.2, 0.25) is 0 Å². The summed E-state index contributed by atoms with van der Waals surface area (Å²) in [5.41, 5.74) is 0. The van der Waals surface area contributed by atoms with Gasteiger partial charge in [0.25, 0.3) is 0 Å². The zero-order valence-corrected chi connectivity index (χ0v) is 11.7. The van der Waals surface area contributed by atoms with Crippen molar-refractivity contribution in [3.05, 3.63) is 0 Å². The van der Waals surface area contributed by atoms with Gasteiger partial charge in [-0.3, -0.25) is 9.59 Å². The minimum absolute atomic E-state index is 0.0221. The summed E-state index contributed by atoms with van der Waals surface area (Å²) < 4.78 is 0. The molecule has 18 heavy (non-hydrogen) atoms. The zero-order chi connectivity index (χ0) is 14.1. The number of nitrogens with one attached hydrogen (secondary N) is 1. The Bertz CT molecular complexity index is 309. The molecule has 0 fully saturated rings. The fourth-order valence-electron chi connectivity index (χ4n) is 1.15. The van der Waals surface area contributed by atoms with Gasteiger partial charge in [-0.05, 0) is 19.1 Å². The van der Waals surface area contributed by atoms with Crippen LogP contribution in [0.5, 0.6) is 0 Å². The van der Waals surface area contributed by atoms with Gasteiger partial charge in [0.2, 0.25) is 11.8 Å². The molecule has 0 saturated heterocycles. The Morgan fingerprint density at radius 3 is 2.44 bits per heavy atom. The van der Waals surface area contributed by atoms with E-state index in [1.807, 2.05) is 6.92 Å². The Balaban J connectivity index is 3.90. The lowest BCUT2D eigenvalue weighted by Gasteiger charge is -2.15. The predicted octanol–water partition coefficient (Wildman–Crippen LogP) is 0.177. The second-order valence-electron chi connectivity index (χ2n) is 3.84. The van der Waals surface area contributed by atoms with Crippen LogP contribution in [0, 0.1) is 0 Å². The first-order valence-corrected chi connectivity index (χ1v) is 6.85. The molecule has 0 heterocycles. The van der Waals surface area contributed by atoms with Gasteiger partial charge < -0.3 is 15.3 Å². The van der Waals surface area contributed by atoms with Gasteiger partial charge in [-0.2, -0.15) is 11.8 Å². The number of nitrogens with zero attached hydrogens (tertiary/aromatic N) is 1. The average Bonchev–Trinajstić information content (AvgIpc) is 2.30. The van der Waals surface area contributed by atoms with Crippen molar-refractivity contribution in [1.29, 1.82) is 0 Å². The number of hydrogen-bond donors (Lipinski definition) is 2. The van der Waals surface area contributed by atoms with Crippen molar-refractivity contribution in [3.63, 3.8) is 0 Å². The summed E-state index contributed by atoms with van der Waals surface area (Å²) in [5, 5.41) is 11.2. The molecule has 0 radical (unpaired) electrons. The number of hydrogen-bond acceptors (Lipinski definition) is 4. The van der Waals surface area contributed by atoms with Crippen LogP contribution in [-0.2, 0) is 14.4 Å². The first kappa shape index (κ1) is 16.8. The van der Waals surface area contributed by atoms with Crippen molar-refractivity contribution in [2.75, 3.05) is 25.1 Å². The number of amides is 2. The van der Waals surface area contributed by atoms with Crippen LogP contribution in [0.15, 0.2) is 0 Å². The standard InChI is InChI=1S/C11H20N2O4S/c1-4-13(3)10(15)7-18-6-5-9(11(16)17)12-8(2)14/h9H,4-7H2,1-3H3,(H,12,14)(H,16,17). The summed E-state index contributed by atoms with van der Waals surface area (Å²) in [7, 11) is 1.72. The van der Waals surface area contributed by atoms with Crippen LogP contribution in [0.1, 0.15) is 20.3 Å². The van der Waals surface area contributed by atoms with Crippen molar-refractivity contribution < 1.29 is 19.5 Å². The van der Waals surface area contributed by atoms with Gasteiger partial charge in [0.15, 0.2) is 0 Å². The molecule has 0 saturated carbocycles. The maximum absolute atomic E-state index is 11.4. The number of aliphatic carboxylic acids is 1. The summed E-state index contributed by atoms with van der Waals surface area (Å²) in [5.74, 6) is -0.553. The van der Waals surface area contributed by atoms with E-state index in [0.717, 1.165) is 0 Å². The van der Waals surface area contributed by atoms with E-state index in [4.69, 9.17) is 5.11 Å². The third-order valence-corrected chi connectivity index (χ3v) is 3.33. The van der Waals surface area contributed by atoms with Crippen LogP contribution < -0.4 is 5.32 Å². The number of thioether (sulfide) groups is 1. The quantitative estimate of drug-likeness (QED) is 0.617. The molecule has 1 unspecified atom stereocenters. The maximum atomic E-state index is 11.4. The van der Waals surface area contributed by atoms with Crippen molar-refractivity contribution in [2.45, 2.75) is 26.3 Å². The topological polar surface area (TPSA) is 86.7 Å². The molecule has 0 aliphatic carbocycles. The maximum Gasteiger partial charge on any atom is 0.326 e. The molecule has 104 valence electrons. The average molecular weight is 276 g/mol. The fraction of sp³-hybridized carbons (Fsp3) is 0.727. The molecular weight excluding hydrogens is 256 g/mol. The highest BCUT2D eigenvalue weighted by atomic mass is 32.2. The summed E-state index contributed by atoms with van der Waals surface area (Å²) in [6.07, 6.45) is 0.308. The molecule has 0 aromatic rings. The Morgan fingerprint density at radius 2 is 2.00 bits per heavy atom. The monoisotopic (exact) mass is 276 g/mol. The highest BCUT2D eigenvalue weighted by molar-refractivity contribution is 7.99. The van der Waals surface area contributed by atoms with Gasteiger partial charge in [-0.15, -0.1) is 0 Å². The summed E-state index contributed by atoms with van der Waals surface area (Å²) >= 11 is 1.37. The number of carboxylic acid groups (broad SMARTS) is 1. The van der Waals surface area contributed by atoms with E-state index in [2.05, 4.69) is 5.32 Å². The van der Waals surface area contributed by atoms with Gasteiger partial charge in [-0.1, -0.05) is 0 Å². The van der Waals surface area contributed by atoms with Gasteiger partial charge in [-0.25, -0.2) is 4.79 Å². The molecule has 0 aliphatic rings. The largest absolute Gasteiger partial charge is 0.480 e. The molecule has 0 bridgehead atoms. The Hall–Kier alpha value is -1.24. The summed E-state index contributed by atoms with van der Waals surface area (Å²) in [6, 6.07) is -0.881. The molecule has 0 aliphatic heterocycles. The lowest BCUT2D eigenvalue weighted by Crippen LogP contribution is -2.40. The van der Waals surface area contributed by atoms with Gasteiger partial charge in [0.1, 0.15) is 6.04 Å². The van der Waals surface area contributed by atoms with E-state index in [1.165, 1.54) is 18.7 Å². The molecule has 0 aromatic carbocycles. The molecule has 1 atom stereocenters. The van der Waals surface area contributed by atoms with Crippen LogP contribution in [-0.4, -0.2) is 58.9 Å². The van der Waals surface area contributed by atoms with Crippen LogP contribution in [0.3, 0.4) is 0 Å². The normalized spacial score (nSPS) is 11.7. The molecular formula is C11H20N2O4S. The SMILES string of the molecule is CCN(C)C(=O)CSCCC(NC(C)=O)C(=O)O. The van der Waals surface area contributed by atoms with E-state index in [1.54, 1.807) is 11.9 Å². The first-order chi connectivity index (χ1) is 8.38. The summed E-state index contributed by atoms with van der Waals surface area (Å²) in [4.78, 5) is 34.7. The Morgan fingerprint density at radius 1 is 1.39 bits per heavy atom. The Kier molecular flexibility index (Phi) is 8.19. The van der Waals surface area contributed by atoms with Gasteiger partial charge in [0.05, 0.1) is 5.75 Å². The van der Waals surface area contributed by atoms with Gasteiger partial charge in [0, 0.05) is 20.5 Å². The number of carbonyl (C=O) groups excluding carboxylic acids is 2. The molecule has 0 rings (SSSR count). The van der Waals surface area contributed by atoms with E-state index in [-0.39, 0.29) is 11.8 Å². The zero-order valence-electron chi connectivity index (χ0n) is 10.9. The smallest absolute Gasteiger partial charge is 0.326 e. The summed E-state index contributed by atoms with van der Waals surface area (Å²) in [6.45, 7) is 3.83. The van der Waals surface area contributed by atoms with Crippen LogP contribution in [0.25, 0.3) is 0 Å². The van der Waals surface area contributed by atoms with Crippen LogP contribution >= 0.6 is 11.8 Å². The lowest BCUT2D eigenvalue weighted by molar-refractivity contribution is -0.141. The Labute approximate surface area is 111 Å².